The number of imidazole rings is 1. The third-order valence-corrected chi connectivity index (χ3v) is 4.70. The summed E-state index contributed by atoms with van der Waals surface area (Å²) in [7, 11) is 0. The van der Waals surface area contributed by atoms with E-state index in [9.17, 15) is 0 Å². The van der Waals surface area contributed by atoms with E-state index in [4.69, 9.17) is 10.1 Å². The highest BCUT2D eigenvalue weighted by Crippen LogP contribution is 2.30. The molecular formula is C20H12N4. The summed E-state index contributed by atoms with van der Waals surface area (Å²) >= 11 is 0. The Morgan fingerprint density at radius 3 is 2.17 bits per heavy atom. The van der Waals surface area contributed by atoms with Crippen molar-refractivity contribution in [1.29, 1.82) is 0 Å². The molecule has 3 aromatic heterocycles. The summed E-state index contributed by atoms with van der Waals surface area (Å²) in [4.78, 5) is 4.90. The predicted octanol–water partition coefficient (Wildman–Crippen LogP) is 4.44. The molecule has 0 amide bonds. The number of rotatable bonds is 0. The van der Waals surface area contributed by atoms with Gasteiger partial charge in [-0.15, -0.1) is 0 Å². The molecule has 3 aromatic carbocycles. The van der Waals surface area contributed by atoms with Gasteiger partial charge in [0.25, 0.3) is 0 Å². The zero-order valence-corrected chi connectivity index (χ0v) is 12.7. The third-order valence-electron chi connectivity index (χ3n) is 4.70. The molecule has 0 fully saturated rings. The summed E-state index contributed by atoms with van der Waals surface area (Å²) in [6, 6.07) is 24.9. The standard InChI is InChI=1S/C20H12N4/c1-3-9-15-13(7-1)20-23-18-12-6-4-10-16(18)21-19(23)14-8-2-5-11-17(14)24(20)22-15/h1-12H. The van der Waals surface area contributed by atoms with E-state index in [1.807, 2.05) is 22.7 Å². The van der Waals surface area contributed by atoms with Gasteiger partial charge in [0.1, 0.15) is 5.65 Å². The molecule has 6 aromatic rings. The monoisotopic (exact) mass is 308 g/mol. The van der Waals surface area contributed by atoms with E-state index in [2.05, 4.69) is 59.0 Å². The van der Waals surface area contributed by atoms with Crippen LogP contribution >= 0.6 is 0 Å². The summed E-state index contributed by atoms with van der Waals surface area (Å²) in [6.07, 6.45) is 0. The molecule has 0 aliphatic heterocycles. The van der Waals surface area contributed by atoms with E-state index < -0.39 is 0 Å². The first-order chi connectivity index (χ1) is 11.9. The van der Waals surface area contributed by atoms with Gasteiger partial charge in [-0.1, -0.05) is 36.4 Å². The van der Waals surface area contributed by atoms with Gasteiger partial charge < -0.3 is 0 Å². The van der Waals surface area contributed by atoms with Crippen LogP contribution in [0.2, 0.25) is 0 Å². The normalized spacial score (nSPS) is 12.2. The first-order valence-corrected chi connectivity index (χ1v) is 7.97. The summed E-state index contributed by atoms with van der Waals surface area (Å²) in [5, 5.41) is 7.09. The minimum Gasteiger partial charge on any atom is -0.276 e. The summed E-state index contributed by atoms with van der Waals surface area (Å²) in [5.41, 5.74) is 6.22. The first-order valence-electron chi connectivity index (χ1n) is 7.97. The fourth-order valence-electron chi connectivity index (χ4n) is 3.67. The molecule has 0 saturated heterocycles. The Morgan fingerprint density at radius 2 is 1.29 bits per heavy atom. The number of fused-ring (bicyclic) bond motifs is 10. The summed E-state index contributed by atoms with van der Waals surface area (Å²) < 4.78 is 4.27. The lowest BCUT2D eigenvalue weighted by molar-refractivity contribution is 0.994. The molecule has 0 bridgehead atoms. The number of benzene rings is 3. The van der Waals surface area contributed by atoms with Crippen LogP contribution in [0, 0.1) is 0 Å². The van der Waals surface area contributed by atoms with Gasteiger partial charge in [-0.05, 0) is 36.4 Å². The van der Waals surface area contributed by atoms with Gasteiger partial charge in [-0.2, -0.15) is 5.10 Å². The molecule has 0 radical (unpaired) electrons. The topological polar surface area (TPSA) is 34.6 Å². The maximum Gasteiger partial charge on any atom is 0.150 e. The van der Waals surface area contributed by atoms with E-state index in [1.165, 1.54) is 0 Å². The van der Waals surface area contributed by atoms with Crippen LogP contribution in [0.5, 0.6) is 0 Å². The Kier molecular flexibility index (Phi) is 2.07. The second-order valence-corrected chi connectivity index (χ2v) is 6.03. The van der Waals surface area contributed by atoms with Crippen LogP contribution < -0.4 is 0 Å². The Morgan fingerprint density at radius 1 is 0.625 bits per heavy atom. The Hall–Kier alpha value is -3.40. The molecule has 0 aliphatic carbocycles. The van der Waals surface area contributed by atoms with E-state index in [0.29, 0.717) is 0 Å². The Bertz CT molecular complexity index is 1300. The average Bonchev–Trinajstić information content (AvgIpc) is 3.20. The van der Waals surface area contributed by atoms with Crippen LogP contribution in [-0.2, 0) is 0 Å². The van der Waals surface area contributed by atoms with Crippen molar-refractivity contribution in [3.8, 4) is 0 Å². The minimum absolute atomic E-state index is 0.977. The molecule has 0 saturated carbocycles. The molecule has 3 heterocycles. The fraction of sp³-hybridized carbons (Fsp3) is 0. The number of para-hydroxylation sites is 3. The van der Waals surface area contributed by atoms with Crippen molar-refractivity contribution in [1.82, 2.24) is 19.0 Å². The average molecular weight is 308 g/mol. The SMILES string of the molecule is c1ccc2c(c1)nn1c3ccccc3c3nc4ccccc4n3c21. The Balaban J connectivity index is 2.10. The zero-order chi connectivity index (χ0) is 15.7. The van der Waals surface area contributed by atoms with Crippen LogP contribution in [0.25, 0.3) is 44.1 Å². The lowest BCUT2D eigenvalue weighted by atomic mass is 10.2. The molecule has 24 heavy (non-hydrogen) atoms. The maximum atomic E-state index is 4.90. The van der Waals surface area contributed by atoms with Gasteiger partial charge in [-0.25, -0.2) is 9.50 Å². The zero-order valence-electron chi connectivity index (χ0n) is 12.7. The van der Waals surface area contributed by atoms with Gasteiger partial charge in [0.05, 0.1) is 22.1 Å². The van der Waals surface area contributed by atoms with Crippen LogP contribution in [0.4, 0.5) is 0 Å². The molecule has 0 unspecified atom stereocenters. The van der Waals surface area contributed by atoms with E-state index in [-0.39, 0.29) is 0 Å². The van der Waals surface area contributed by atoms with Crippen molar-refractivity contribution in [2.75, 3.05) is 0 Å². The van der Waals surface area contributed by atoms with Crippen LogP contribution in [-0.4, -0.2) is 19.0 Å². The lowest BCUT2D eigenvalue weighted by Gasteiger charge is -2.06. The van der Waals surface area contributed by atoms with Gasteiger partial charge in [0, 0.05) is 10.8 Å². The fourth-order valence-corrected chi connectivity index (χ4v) is 3.67. The quantitative estimate of drug-likeness (QED) is 0.416. The van der Waals surface area contributed by atoms with Crippen LogP contribution in [0.15, 0.2) is 72.8 Å². The van der Waals surface area contributed by atoms with Crippen molar-refractivity contribution < 1.29 is 0 Å². The third kappa shape index (κ3) is 1.34. The summed E-state index contributed by atoms with van der Waals surface area (Å²) in [5.74, 6) is 0. The molecule has 4 nitrogen and oxygen atoms in total. The smallest absolute Gasteiger partial charge is 0.150 e. The molecule has 4 heteroatoms. The Labute approximate surface area is 136 Å². The van der Waals surface area contributed by atoms with Crippen molar-refractivity contribution >= 4 is 44.1 Å². The molecule has 0 spiro atoms. The minimum atomic E-state index is 0.977. The number of aromatic nitrogens is 4. The molecule has 0 N–H and O–H groups in total. The molecule has 112 valence electrons. The maximum absolute atomic E-state index is 4.90. The van der Waals surface area contributed by atoms with Crippen molar-refractivity contribution in [2.24, 2.45) is 0 Å². The second-order valence-electron chi connectivity index (χ2n) is 6.03. The number of hydrogen-bond acceptors (Lipinski definition) is 2. The number of hydrogen-bond donors (Lipinski definition) is 0. The molecule has 0 aliphatic rings. The van der Waals surface area contributed by atoms with Crippen LogP contribution in [0.3, 0.4) is 0 Å². The van der Waals surface area contributed by atoms with Crippen molar-refractivity contribution in [2.45, 2.75) is 0 Å². The van der Waals surface area contributed by atoms with Gasteiger partial charge in [0.2, 0.25) is 0 Å². The molecule has 6 rings (SSSR count). The summed E-state index contributed by atoms with van der Waals surface area (Å²) in [6.45, 7) is 0. The second kappa shape index (κ2) is 4.11. The van der Waals surface area contributed by atoms with Crippen LogP contribution in [0.1, 0.15) is 0 Å². The van der Waals surface area contributed by atoms with Gasteiger partial charge in [-0.3, -0.25) is 4.40 Å². The molecule has 0 atom stereocenters. The van der Waals surface area contributed by atoms with E-state index in [0.717, 1.165) is 44.1 Å². The highest BCUT2D eigenvalue weighted by Gasteiger charge is 2.16. The van der Waals surface area contributed by atoms with Crippen molar-refractivity contribution in [3.05, 3.63) is 72.8 Å². The molecular weight excluding hydrogens is 296 g/mol. The predicted molar refractivity (Wildman–Crippen MR) is 96.5 cm³/mol. The van der Waals surface area contributed by atoms with Gasteiger partial charge >= 0.3 is 0 Å². The van der Waals surface area contributed by atoms with Gasteiger partial charge in [0.15, 0.2) is 5.65 Å². The van der Waals surface area contributed by atoms with E-state index >= 15 is 0 Å². The van der Waals surface area contributed by atoms with E-state index in [1.54, 1.807) is 0 Å². The largest absolute Gasteiger partial charge is 0.276 e. The number of nitrogens with zero attached hydrogens (tertiary/aromatic N) is 4. The highest BCUT2D eigenvalue weighted by molar-refractivity contribution is 6.04. The lowest BCUT2D eigenvalue weighted by Crippen LogP contribution is -1.98. The van der Waals surface area contributed by atoms with Crippen molar-refractivity contribution in [3.63, 3.8) is 0 Å². The first kappa shape index (κ1) is 12.1. The highest BCUT2D eigenvalue weighted by atomic mass is 15.3.